The average molecular weight is 358 g/mol. The molecule has 25 heavy (non-hydrogen) atoms. The van der Waals surface area contributed by atoms with Crippen LogP contribution < -0.4 is 10.6 Å². The number of rotatable bonds is 5. The van der Waals surface area contributed by atoms with E-state index < -0.39 is 0 Å². The second-order valence-corrected chi connectivity index (χ2v) is 6.93. The minimum Gasteiger partial charge on any atom is -0.381 e. The van der Waals surface area contributed by atoms with Crippen molar-refractivity contribution in [2.45, 2.75) is 25.9 Å². The van der Waals surface area contributed by atoms with Crippen LogP contribution in [-0.4, -0.2) is 36.5 Å². The van der Waals surface area contributed by atoms with Gasteiger partial charge in [0.05, 0.1) is 6.42 Å². The van der Waals surface area contributed by atoms with E-state index in [4.69, 9.17) is 11.6 Å². The summed E-state index contributed by atoms with van der Waals surface area (Å²) in [5.74, 6) is 0.205. The summed E-state index contributed by atoms with van der Waals surface area (Å²) in [5, 5.41) is 7.44. The zero-order valence-electron chi connectivity index (χ0n) is 14.5. The van der Waals surface area contributed by atoms with E-state index in [2.05, 4.69) is 17.6 Å². The summed E-state index contributed by atoms with van der Waals surface area (Å²) in [6.07, 6.45) is 0.460. The van der Waals surface area contributed by atoms with Crippen LogP contribution in [0.3, 0.4) is 0 Å². The molecule has 0 aromatic heterocycles. The van der Waals surface area contributed by atoms with Gasteiger partial charge in [-0.1, -0.05) is 35.9 Å². The molecular weight excluding hydrogens is 334 g/mol. The van der Waals surface area contributed by atoms with Crippen LogP contribution in [-0.2, 0) is 17.8 Å². The molecule has 132 valence electrons. The van der Waals surface area contributed by atoms with Gasteiger partial charge in [0.15, 0.2) is 0 Å². The molecule has 0 radical (unpaired) electrons. The minimum atomic E-state index is 0.205. The van der Waals surface area contributed by atoms with E-state index in [0.29, 0.717) is 6.42 Å². The number of carbonyl (C=O) groups excluding carboxylic acids is 1. The number of benzene rings is 2. The summed E-state index contributed by atoms with van der Waals surface area (Å²) >= 11 is 5.90. The van der Waals surface area contributed by atoms with Gasteiger partial charge in [-0.25, -0.2) is 0 Å². The first kappa shape index (κ1) is 17.8. The molecule has 2 aromatic rings. The Labute approximate surface area is 154 Å². The van der Waals surface area contributed by atoms with Crippen molar-refractivity contribution in [1.29, 1.82) is 0 Å². The first-order chi connectivity index (χ1) is 12.1. The molecule has 4 nitrogen and oxygen atoms in total. The molecule has 0 unspecified atom stereocenters. The molecule has 5 heteroatoms. The topological polar surface area (TPSA) is 44.4 Å². The Hall–Kier alpha value is -2.04. The highest BCUT2D eigenvalue weighted by molar-refractivity contribution is 6.30. The van der Waals surface area contributed by atoms with Crippen LogP contribution in [0, 0.1) is 0 Å². The Morgan fingerprint density at radius 1 is 1.16 bits per heavy atom. The van der Waals surface area contributed by atoms with Crippen LogP contribution in [0.2, 0.25) is 5.02 Å². The predicted octanol–water partition coefficient (Wildman–Crippen LogP) is 3.31. The highest BCUT2D eigenvalue weighted by Crippen LogP contribution is 2.15. The van der Waals surface area contributed by atoms with Gasteiger partial charge in [-0.2, -0.15) is 0 Å². The molecular formula is C20H24ClN3O. The van der Waals surface area contributed by atoms with Crippen molar-refractivity contribution >= 4 is 23.2 Å². The minimum absolute atomic E-state index is 0.205. The number of carbonyl (C=O) groups is 1. The van der Waals surface area contributed by atoms with E-state index in [0.717, 1.165) is 42.5 Å². The molecule has 1 aliphatic heterocycles. The lowest BCUT2D eigenvalue weighted by Crippen LogP contribution is -2.52. The van der Waals surface area contributed by atoms with Crippen molar-refractivity contribution in [2.24, 2.45) is 0 Å². The van der Waals surface area contributed by atoms with Crippen molar-refractivity contribution in [3.05, 3.63) is 64.7 Å². The summed E-state index contributed by atoms with van der Waals surface area (Å²) in [4.78, 5) is 14.4. The zero-order valence-corrected chi connectivity index (χ0v) is 15.2. The van der Waals surface area contributed by atoms with Gasteiger partial charge in [0.1, 0.15) is 0 Å². The highest BCUT2D eigenvalue weighted by atomic mass is 35.5. The maximum Gasteiger partial charge on any atom is 0.227 e. The molecule has 1 heterocycles. The molecule has 2 aromatic carbocycles. The number of hydrogen-bond acceptors (Lipinski definition) is 3. The maximum absolute atomic E-state index is 12.5. The quantitative estimate of drug-likeness (QED) is 0.862. The van der Waals surface area contributed by atoms with Crippen LogP contribution in [0.15, 0.2) is 48.5 Å². The molecule has 1 aliphatic rings. The molecule has 3 rings (SSSR count). The maximum atomic E-state index is 12.5. The van der Waals surface area contributed by atoms with E-state index in [1.807, 2.05) is 53.4 Å². The van der Waals surface area contributed by atoms with Crippen molar-refractivity contribution in [3.8, 4) is 0 Å². The summed E-state index contributed by atoms with van der Waals surface area (Å²) in [5.41, 5.74) is 3.27. The lowest BCUT2D eigenvalue weighted by molar-refractivity contribution is -0.133. The average Bonchev–Trinajstić information content (AvgIpc) is 2.63. The Morgan fingerprint density at radius 2 is 1.84 bits per heavy atom. The molecule has 0 spiro atoms. The molecule has 1 amide bonds. The van der Waals surface area contributed by atoms with Gasteiger partial charge in [-0.05, 0) is 42.3 Å². The Bertz CT molecular complexity index is 700. The Kier molecular flexibility index (Phi) is 5.95. The SMILES string of the molecule is C[C@H]1CNCCN1C(=O)Cc1ccc(NCc2ccc(Cl)cc2)cc1. The van der Waals surface area contributed by atoms with E-state index in [-0.39, 0.29) is 11.9 Å². The van der Waals surface area contributed by atoms with Crippen molar-refractivity contribution in [3.63, 3.8) is 0 Å². The third kappa shape index (κ3) is 4.97. The number of anilines is 1. The van der Waals surface area contributed by atoms with Gasteiger partial charge < -0.3 is 15.5 Å². The standard InChI is InChI=1S/C20H24ClN3O/c1-15-13-22-10-11-24(15)20(25)12-16-4-8-19(9-5-16)23-14-17-2-6-18(21)7-3-17/h2-9,15,22-23H,10-14H2,1H3/t15-/m0/s1. The van der Waals surface area contributed by atoms with Crippen LogP contribution >= 0.6 is 11.6 Å². The highest BCUT2D eigenvalue weighted by Gasteiger charge is 2.22. The number of hydrogen-bond donors (Lipinski definition) is 2. The molecule has 0 bridgehead atoms. The monoisotopic (exact) mass is 357 g/mol. The van der Waals surface area contributed by atoms with Crippen LogP contribution in [0.5, 0.6) is 0 Å². The normalized spacial score (nSPS) is 17.4. The van der Waals surface area contributed by atoms with E-state index in [1.165, 1.54) is 5.56 Å². The smallest absolute Gasteiger partial charge is 0.227 e. The van der Waals surface area contributed by atoms with Gasteiger partial charge in [0.25, 0.3) is 0 Å². The third-order valence-corrected chi connectivity index (χ3v) is 4.79. The third-order valence-electron chi connectivity index (χ3n) is 4.54. The lowest BCUT2D eigenvalue weighted by Gasteiger charge is -2.34. The molecule has 1 saturated heterocycles. The van der Waals surface area contributed by atoms with Crippen LogP contribution in [0.4, 0.5) is 5.69 Å². The molecule has 2 N–H and O–H groups in total. The van der Waals surface area contributed by atoms with Crippen molar-refractivity contribution in [2.75, 3.05) is 25.0 Å². The fraction of sp³-hybridized carbons (Fsp3) is 0.350. The summed E-state index contributed by atoms with van der Waals surface area (Å²) < 4.78 is 0. The molecule has 1 atom stereocenters. The predicted molar refractivity (Wildman–Crippen MR) is 103 cm³/mol. The second kappa shape index (κ2) is 8.37. The summed E-state index contributed by atoms with van der Waals surface area (Å²) in [6, 6.07) is 16.2. The Morgan fingerprint density at radius 3 is 2.52 bits per heavy atom. The fourth-order valence-corrected chi connectivity index (χ4v) is 3.16. The first-order valence-electron chi connectivity index (χ1n) is 8.69. The fourth-order valence-electron chi connectivity index (χ4n) is 3.03. The van der Waals surface area contributed by atoms with E-state index in [9.17, 15) is 4.79 Å². The second-order valence-electron chi connectivity index (χ2n) is 6.49. The van der Waals surface area contributed by atoms with Gasteiger partial charge in [-0.15, -0.1) is 0 Å². The molecule has 0 aliphatic carbocycles. The largest absolute Gasteiger partial charge is 0.381 e. The molecule has 1 fully saturated rings. The van der Waals surface area contributed by atoms with Gasteiger partial charge in [0.2, 0.25) is 5.91 Å². The van der Waals surface area contributed by atoms with E-state index in [1.54, 1.807) is 0 Å². The van der Waals surface area contributed by atoms with Gasteiger partial charge in [0, 0.05) is 42.9 Å². The number of amides is 1. The molecule has 0 saturated carbocycles. The van der Waals surface area contributed by atoms with Crippen molar-refractivity contribution in [1.82, 2.24) is 10.2 Å². The van der Waals surface area contributed by atoms with Crippen LogP contribution in [0.25, 0.3) is 0 Å². The number of piperazine rings is 1. The zero-order chi connectivity index (χ0) is 17.6. The Balaban J connectivity index is 1.53. The van der Waals surface area contributed by atoms with Crippen molar-refractivity contribution < 1.29 is 4.79 Å². The first-order valence-corrected chi connectivity index (χ1v) is 9.07. The van der Waals surface area contributed by atoms with E-state index >= 15 is 0 Å². The van der Waals surface area contributed by atoms with Crippen LogP contribution in [0.1, 0.15) is 18.1 Å². The summed E-state index contributed by atoms with van der Waals surface area (Å²) in [6.45, 7) is 5.38. The summed E-state index contributed by atoms with van der Waals surface area (Å²) in [7, 11) is 0. The van der Waals surface area contributed by atoms with Gasteiger partial charge >= 0.3 is 0 Å². The number of nitrogens with one attached hydrogen (secondary N) is 2. The lowest BCUT2D eigenvalue weighted by atomic mass is 10.1. The van der Waals surface area contributed by atoms with Gasteiger partial charge in [-0.3, -0.25) is 4.79 Å². The number of halogens is 1. The number of nitrogens with zero attached hydrogens (tertiary/aromatic N) is 1.